The summed E-state index contributed by atoms with van der Waals surface area (Å²) in [7, 11) is 1.94. The van der Waals surface area contributed by atoms with E-state index in [1.54, 1.807) is 12.1 Å². The minimum atomic E-state index is -0.177. The Hall–Kier alpha value is -1.31. The van der Waals surface area contributed by atoms with Crippen molar-refractivity contribution in [1.82, 2.24) is 4.57 Å². The predicted molar refractivity (Wildman–Crippen MR) is 47.6 cm³/mol. The Morgan fingerprint density at radius 2 is 2.00 bits per heavy atom. The first kappa shape index (κ1) is 7.35. The van der Waals surface area contributed by atoms with Crippen LogP contribution in [0, 0.1) is 12.7 Å². The van der Waals surface area contributed by atoms with Gasteiger partial charge in [-0.25, -0.2) is 4.39 Å². The van der Waals surface area contributed by atoms with E-state index in [0.717, 1.165) is 16.6 Å². The molecule has 2 heteroatoms. The molecule has 12 heavy (non-hydrogen) atoms. The normalized spacial score (nSPS) is 10.9. The topological polar surface area (TPSA) is 4.93 Å². The minimum absolute atomic E-state index is 0.177. The van der Waals surface area contributed by atoms with Crippen LogP contribution in [0.2, 0.25) is 0 Å². The Morgan fingerprint density at radius 1 is 1.25 bits per heavy atom. The molecule has 0 atom stereocenters. The van der Waals surface area contributed by atoms with Crippen molar-refractivity contribution in [2.24, 2.45) is 7.05 Å². The van der Waals surface area contributed by atoms with Crippen molar-refractivity contribution in [2.75, 3.05) is 0 Å². The van der Waals surface area contributed by atoms with Crippen molar-refractivity contribution in [3.8, 4) is 0 Å². The van der Waals surface area contributed by atoms with Crippen LogP contribution in [0.1, 0.15) is 5.69 Å². The Labute approximate surface area is 70.4 Å². The fourth-order valence-electron chi connectivity index (χ4n) is 1.44. The monoisotopic (exact) mass is 163 g/mol. The van der Waals surface area contributed by atoms with Crippen molar-refractivity contribution in [1.29, 1.82) is 0 Å². The summed E-state index contributed by atoms with van der Waals surface area (Å²) < 4.78 is 14.8. The van der Waals surface area contributed by atoms with Gasteiger partial charge < -0.3 is 4.57 Å². The van der Waals surface area contributed by atoms with Gasteiger partial charge in [0.25, 0.3) is 0 Å². The lowest BCUT2D eigenvalue weighted by atomic mass is 10.2. The third-order valence-electron chi connectivity index (χ3n) is 2.25. The summed E-state index contributed by atoms with van der Waals surface area (Å²) in [5.41, 5.74) is 2.10. The molecular formula is C10H10FN. The molecule has 0 amide bonds. The Bertz CT molecular complexity index is 429. The van der Waals surface area contributed by atoms with Gasteiger partial charge in [0.2, 0.25) is 0 Å². The van der Waals surface area contributed by atoms with Crippen molar-refractivity contribution in [3.05, 3.63) is 35.8 Å². The zero-order valence-corrected chi connectivity index (χ0v) is 7.13. The maximum absolute atomic E-state index is 12.8. The number of aryl methyl sites for hydroxylation is 2. The van der Waals surface area contributed by atoms with Crippen LogP contribution in [0.25, 0.3) is 10.9 Å². The second-order valence-electron chi connectivity index (χ2n) is 3.05. The second-order valence-corrected chi connectivity index (χ2v) is 3.05. The highest BCUT2D eigenvalue weighted by atomic mass is 19.1. The minimum Gasteiger partial charge on any atom is -0.348 e. The third kappa shape index (κ3) is 0.916. The summed E-state index contributed by atoms with van der Waals surface area (Å²) in [6.45, 7) is 2.01. The van der Waals surface area contributed by atoms with E-state index in [2.05, 4.69) is 6.07 Å². The second kappa shape index (κ2) is 2.34. The molecule has 0 saturated heterocycles. The van der Waals surface area contributed by atoms with Crippen molar-refractivity contribution in [3.63, 3.8) is 0 Å². The zero-order valence-electron chi connectivity index (χ0n) is 7.13. The van der Waals surface area contributed by atoms with E-state index in [1.807, 2.05) is 18.5 Å². The molecule has 0 aliphatic rings. The molecule has 0 aliphatic carbocycles. The highest BCUT2D eigenvalue weighted by molar-refractivity contribution is 5.81. The van der Waals surface area contributed by atoms with Gasteiger partial charge in [-0.1, -0.05) is 0 Å². The molecule has 0 unspecified atom stereocenters. The molecule has 0 saturated carbocycles. The largest absolute Gasteiger partial charge is 0.348 e. The number of hydrogen-bond donors (Lipinski definition) is 0. The summed E-state index contributed by atoms with van der Waals surface area (Å²) in [6.07, 6.45) is 0. The first-order chi connectivity index (χ1) is 5.68. The Kier molecular flexibility index (Phi) is 1.43. The van der Waals surface area contributed by atoms with Gasteiger partial charge in [-0.05, 0) is 31.2 Å². The lowest BCUT2D eigenvalue weighted by molar-refractivity contribution is 0.629. The maximum atomic E-state index is 12.8. The first-order valence-electron chi connectivity index (χ1n) is 3.90. The van der Waals surface area contributed by atoms with Gasteiger partial charge in [0.15, 0.2) is 0 Å². The van der Waals surface area contributed by atoms with E-state index in [1.165, 1.54) is 6.07 Å². The van der Waals surface area contributed by atoms with Crippen LogP contribution in [0.5, 0.6) is 0 Å². The van der Waals surface area contributed by atoms with Crippen LogP contribution in [0.3, 0.4) is 0 Å². The predicted octanol–water partition coefficient (Wildman–Crippen LogP) is 2.63. The fourth-order valence-corrected chi connectivity index (χ4v) is 1.44. The first-order valence-corrected chi connectivity index (χ1v) is 3.90. The third-order valence-corrected chi connectivity index (χ3v) is 2.25. The molecule has 2 rings (SSSR count). The van der Waals surface area contributed by atoms with Gasteiger partial charge in [0, 0.05) is 18.1 Å². The molecule has 1 nitrogen and oxygen atoms in total. The number of rotatable bonds is 0. The maximum Gasteiger partial charge on any atom is 0.125 e. The summed E-state index contributed by atoms with van der Waals surface area (Å²) >= 11 is 0. The molecule has 0 radical (unpaired) electrons. The SMILES string of the molecule is Cc1cc2ccc(F)cc2n1C. The van der Waals surface area contributed by atoms with E-state index in [4.69, 9.17) is 0 Å². The molecule has 1 aromatic carbocycles. The van der Waals surface area contributed by atoms with Crippen LogP contribution in [-0.2, 0) is 7.05 Å². The number of nitrogens with zero attached hydrogens (tertiary/aromatic N) is 1. The van der Waals surface area contributed by atoms with Gasteiger partial charge in [0.1, 0.15) is 5.82 Å². The molecule has 1 aromatic heterocycles. The highest BCUT2D eigenvalue weighted by Gasteiger charge is 2.01. The summed E-state index contributed by atoms with van der Waals surface area (Å²) in [5.74, 6) is -0.177. The quantitative estimate of drug-likeness (QED) is 0.562. The standard InChI is InChI=1S/C10H10FN/c1-7-5-8-3-4-9(11)6-10(8)12(7)2/h3-6H,1-2H3. The van der Waals surface area contributed by atoms with Crippen molar-refractivity contribution in [2.45, 2.75) is 6.92 Å². The molecule has 62 valence electrons. The zero-order chi connectivity index (χ0) is 8.72. The summed E-state index contributed by atoms with van der Waals surface area (Å²) in [5, 5.41) is 1.09. The average Bonchev–Trinajstić information content (AvgIpc) is 2.31. The molecule has 0 N–H and O–H groups in total. The number of halogens is 1. The smallest absolute Gasteiger partial charge is 0.125 e. The van der Waals surface area contributed by atoms with Gasteiger partial charge in [-0.3, -0.25) is 0 Å². The number of aromatic nitrogens is 1. The lowest BCUT2D eigenvalue weighted by Gasteiger charge is -1.97. The Morgan fingerprint density at radius 3 is 2.75 bits per heavy atom. The van der Waals surface area contributed by atoms with Crippen LogP contribution in [0.4, 0.5) is 4.39 Å². The van der Waals surface area contributed by atoms with Gasteiger partial charge >= 0.3 is 0 Å². The molecule has 0 bridgehead atoms. The van der Waals surface area contributed by atoms with Crippen LogP contribution >= 0.6 is 0 Å². The highest BCUT2D eigenvalue weighted by Crippen LogP contribution is 2.18. The summed E-state index contributed by atoms with van der Waals surface area (Å²) in [6, 6.07) is 6.90. The molecular weight excluding hydrogens is 153 g/mol. The molecule has 1 heterocycles. The van der Waals surface area contributed by atoms with Crippen LogP contribution < -0.4 is 0 Å². The van der Waals surface area contributed by atoms with Gasteiger partial charge in [-0.2, -0.15) is 0 Å². The van der Waals surface area contributed by atoms with E-state index >= 15 is 0 Å². The van der Waals surface area contributed by atoms with Crippen LogP contribution in [-0.4, -0.2) is 4.57 Å². The lowest BCUT2D eigenvalue weighted by Crippen LogP contribution is -1.89. The van der Waals surface area contributed by atoms with E-state index in [0.29, 0.717) is 0 Å². The number of fused-ring (bicyclic) bond motifs is 1. The van der Waals surface area contributed by atoms with Gasteiger partial charge in [-0.15, -0.1) is 0 Å². The van der Waals surface area contributed by atoms with E-state index in [9.17, 15) is 4.39 Å². The van der Waals surface area contributed by atoms with Crippen LogP contribution in [0.15, 0.2) is 24.3 Å². The van der Waals surface area contributed by atoms with Gasteiger partial charge in [0.05, 0.1) is 5.52 Å². The summed E-state index contributed by atoms with van der Waals surface area (Å²) in [4.78, 5) is 0. The Balaban J connectivity index is 2.88. The van der Waals surface area contributed by atoms with E-state index < -0.39 is 0 Å². The van der Waals surface area contributed by atoms with Crippen molar-refractivity contribution >= 4 is 10.9 Å². The molecule has 0 spiro atoms. The molecule has 0 fully saturated rings. The number of benzene rings is 1. The van der Waals surface area contributed by atoms with Crippen molar-refractivity contribution < 1.29 is 4.39 Å². The molecule has 2 aromatic rings. The fraction of sp³-hybridized carbons (Fsp3) is 0.200. The molecule has 0 aliphatic heterocycles. The number of hydrogen-bond acceptors (Lipinski definition) is 0. The average molecular weight is 163 g/mol. The van der Waals surface area contributed by atoms with E-state index in [-0.39, 0.29) is 5.82 Å².